The molecular weight excluding hydrogens is 374 g/mol. The van der Waals surface area contributed by atoms with Gasteiger partial charge in [0.2, 0.25) is 0 Å². The average Bonchev–Trinajstić information content (AvgIpc) is 3.40. The van der Waals surface area contributed by atoms with Crippen LogP contribution in [0.4, 0.5) is 10.5 Å². The van der Waals surface area contributed by atoms with E-state index in [1.54, 1.807) is 0 Å². The third-order valence-electron chi connectivity index (χ3n) is 9.07. The molecule has 4 aliphatic carbocycles. The molecule has 156 valence electrons. The van der Waals surface area contributed by atoms with Crippen LogP contribution in [0.25, 0.3) is 0 Å². The predicted octanol–water partition coefficient (Wildman–Crippen LogP) is 5.87. The van der Waals surface area contributed by atoms with E-state index in [0.717, 1.165) is 31.4 Å². The summed E-state index contributed by atoms with van der Waals surface area (Å²) in [7, 11) is 0. The fourth-order valence-corrected chi connectivity index (χ4v) is 7.74. The number of phenolic OH excluding ortho intramolecular Hbond substituents is 1. The highest BCUT2D eigenvalue weighted by Crippen LogP contribution is 2.82. The van der Waals surface area contributed by atoms with Gasteiger partial charge in [-0.3, -0.25) is 5.32 Å². The standard InChI is InChI=1S/C26H29NO3/c1-25-12-11-21-20-9-8-19(28)13-16(20)7-10-22(21)26(25)15-17(26)14-23(25)30-24(29)27-18-5-3-2-4-6-18/h2-6,8-9,13,17,21-23,28H,7,10-12,14-15H2,1H3,(H,27,29)/t17-,21+,22+,23+,25+,26+/m0/s1. The summed E-state index contributed by atoms with van der Waals surface area (Å²) in [5.41, 5.74) is 3.96. The number of aryl methyl sites for hydroxylation is 1. The molecule has 0 unspecified atom stereocenters. The molecule has 0 bridgehead atoms. The maximum atomic E-state index is 12.6. The smallest absolute Gasteiger partial charge is 0.411 e. The lowest BCUT2D eigenvalue weighted by Gasteiger charge is -2.53. The minimum absolute atomic E-state index is 0.00197. The van der Waals surface area contributed by atoms with Crippen LogP contribution in [0.3, 0.4) is 0 Å². The van der Waals surface area contributed by atoms with Gasteiger partial charge in [-0.2, -0.15) is 0 Å². The van der Waals surface area contributed by atoms with Crippen molar-refractivity contribution in [3.05, 3.63) is 59.7 Å². The number of carbonyl (C=O) groups is 1. The van der Waals surface area contributed by atoms with Crippen LogP contribution in [0, 0.1) is 22.7 Å². The number of phenols is 1. The van der Waals surface area contributed by atoms with Crippen molar-refractivity contribution >= 4 is 11.8 Å². The zero-order valence-corrected chi connectivity index (χ0v) is 17.4. The summed E-state index contributed by atoms with van der Waals surface area (Å²) in [4.78, 5) is 12.6. The number of carbonyl (C=O) groups excluding carboxylic acids is 1. The van der Waals surface area contributed by atoms with Gasteiger partial charge < -0.3 is 9.84 Å². The molecule has 0 radical (unpaired) electrons. The minimum atomic E-state index is -0.324. The molecule has 2 aromatic rings. The van der Waals surface area contributed by atoms with Crippen LogP contribution in [0.5, 0.6) is 5.75 Å². The van der Waals surface area contributed by atoms with E-state index in [1.807, 2.05) is 42.5 Å². The number of hydrogen-bond acceptors (Lipinski definition) is 3. The maximum Gasteiger partial charge on any atom is 0.411 e. The Bertz CT molecular complexity index is 1000. The van der Waals surface area contributed by atoms with Gasteiger partial charge in [0.15, 0.2) is 0 Å². The number of hydrogen-bond donors (Lipinski definition) is 2. The average molecular weight is 404 g/mol. The second-order valence-corrected chi connectivity index (χ2v) is 10.2. The Balaban J connectivity index is 1.24. The SMILES string of the molecule is C[C@]12CC[C@@H]3c4ccc(O)cc4CC[C@H]3[C@]13C[C@@H]3C[C@H]2OC(=O)Nc1ccccc1. The highest BCUT2D eigenvalue weighted by molar-refractivity contribution is 5.84. The Labute approximate surface area is 177 Å². The van der Waals surface area contributed by atoms with Crippen molar-refractivity contribution in [3.8, 4) is 5.75 Å². The first-order valence-corrected chi connectivity index (χ1v) is 11.4. The van der Waals surface area contributed by atoms with Crippen molar-refractivity contribution < 1.29 is 14.6 Å². The lowest BCUT2D eigenvalue weighted by Crippen LogP contribution is -2.49. The van der Waals surface area contributed by atoms with Crippen LogP contribution < -0.4 is 5.32 Å². The van der Waals surface area contributed by atoms with Gasteiger partial charge in [-0.05, 0) is 97.1 Å². The fraction of sp³-hybridized carbons (Fsp3) is 0.500. The number of benzene rings is 2. The Morgan fingerprint density at radius 3 is 2.83 bits per heavy atom. The van der Waals surface area contributed by atoms with Gasteiger partial charge in [0, 0.05) is 11.1 Å². The van der Waals surface area contributed by atoms with Crippen molar-refractivity contribution in [1.29, 1.82) is 0 Å². The van der Waals surface area contributed by atoms with E-state index in [0.29, 0.717) is 28.9 Å². The van der Waals surface area contributed by atoms with Crippen LogP contribution in [0.15, 0.2) is 48.5 Å². The van der Waals surface area contributed by atoms with Gasteiger partial charge in [-0.15, -0.1) is 0 Å². The molecule has 3 saturated carbocycles. The first-order valence-electron chi connectivity index (χ1n) is 11.4. The molecule has 1 spiro atoms. The van der Waals surface area contributed by atoms with Crippen molar-refractivity contribution in [3.63, 3.8) is 0 Å². The number of rotatable bonds is 2. The highest BCUT2D eigenvalue weighted by atomic mass is 16.6. The third kappa shape index (κ3) is 2.42. The predicted molar refractivity (Wildman–Crippen MR) is 115 cm³/mol. The third-order valence-corrected chi connectivity index (χ3v) is 9.07. The quantitative estimate of drug-likeness (QED) is 0.660. The molecule has 0 saturated heterocycles. The molecule has 2 N–H and O–H groups in total. The number of amides is 1. The van der Waals surface area contributed by atoms with E-state index >= 15 is 0 Å². The normalized spacial score (nSPS) is 37.9. The van der Waals surface area contributed by atoms with Gasteiger partial charge in [-0.1, -0.05) is 31.2 Å². The van der Waals surface area contributed by atoms with E-state index in [9.17, 15) is 9.90 Å². The zero-order valence-electron chi connectivity index (χ0n) is 17.4. The Hall–Kier alpha value is -2.49. The zero-order chi connectivity index (χ0) is 20.5. The van der Waals surface area contributed by atoms with Crippen LogP contribution >= 0.6 is 0 Å². The van der Waals surface area contributed by atoms with Crippen LogP contribution in [0.1, 0.15) is 56.1 Å². The Kier molecular flexibility index (Phi) is 3.82. The molecule has 4 heteroatoms. The number of aromatic hydroxyl groups is 1. The number of nitrogens with one attached hydrogen (secondary N) is 1. The molecule has 6 rings (SSSR count). The molecule has 0 heterocycles. The lowest BCUT2D eigenvalue weighted by molar-refractivity contribution is -0.0586. The summed E-state index contributed by atoms with van der Waals surface area (Å²) in [6.45, 7) is 2.39. The van der Waals surface area contributed by atoms with E-state index in [4.69, 9.17) is 4.74 Å². The second kappa shape index (κ2) is 6.26. The number of ether oxygens (including phenoxy) is 1. The summed E-state index contributed by atoms with van der Waals surface area (Å²) < 4.78 is 6.07. The van der Waals surface area contributed by atoms with Gasteiger partial charge in [0.05, 0.1) is 0 Å². The molecule has 4 aliphatic rings. The van der Waals surface area contributed by atoms with E-state index in [-0.39, 0.29) is 17.6 Å². The second-order valence-electron chi connectivity index (χ2n) is 10.2. The summed E-state index contributed by atoms with van der Waals surface area (Å²) >= 11 is 0. The topological polar surface area (TPSA) is 58.6 Å². The molecule has 2 aromatic carbocycles. The van der Waals surface area contributed by atoms with Crippen LogP contribution in [-0.4, -0.2) is 17.3 Å². The van der Waals surface area contributed by atoms with Gasteiger partial charge in [0.1, 0.15) is 11.9 Å². The monoisotopic (exact) mass is 403 g/mol. The van der Waals surface area contributed by atoms with Crippen molar-refractivity contribution in [2.24, 2.45) is 22.7 Å². The van der Waals surface area contributed by atoms with E-state index in [1.165, 1.54) is 24.0 Å². The fourth-order valence-electron chi connectivity index (χ4n) is 7.74. The minimum Gasteiger partial charge on any atom is -0.508 e. The molecule has 1 amide bonds. The van der Waals surface area contributed by atoms with Crippen LogP contribution in [0.2, 0.25) is 0 Å². The van der Waals surface area contributed by atoms with Gasteiger partial charge in [0.25, 0.3) is 0 Å². The van der Waals surface area contributed by atoms with E-state index < -0.39 is 0 Å². The summed E-state index contributed by atoms with van der Waals surface area (Å²) in [6.07, 6.45) is 6.47. The van der Waals surface area contributed by atoms with Crippen LogP contribution in [-0.2, 0) is 11.2 Å². The lowest BCUT2D eigenvalue weighted by atomic mass is 9.52. The molecular formula is C26H29NO3. The Morgan fingerprint density at radius 2 is 2.00 bits per heavy atom. The van der Waals surface area contributed by atoms with Gasteiger partial charge >= 0.3 is 6.09 Å². The highest BCUT2D eigenvalue weighted by Gasteiger charge is 2.77. The summed E-state index contributed by atoms with van der Waals surface area (Å²) in [5, 5.41) is 12.8. The molecule has 3 fully saturated rings. The molecule has 0 aliphatic heterocycles. The molecule has 0 aromatic heterocycles. The summed E-state index contributed by atoms with van der Waals surface area (Å²) in [6, 6.07) is 15.5. The molecule has 4 nitrogen and oxygen atoms in total. The largest absolute Gasteiger partial charge is 0.508 e. The Morgan fingerprint density at radius 1 is 1.17 bits per heavy atom. The van der Waals surface area contributed by atoms with Crippen molar-refractivity contribution in [1.82, 2.24) is 0 Å². The van der Waals surface area contributed by atoms with E-state index in [2.05, 4.69) is 18.3 Å². The number of anilines is 1. The van der Waals surface area contributed by atoms with Gasteiger partial charge in [-0.25, -0.2) is 4.79 Å². The van der Waals surface area contributed by atoms with Crippen molar-refractivity contribution in [2.45, 2.75) is 57.5 Å². The number of fused-ring (bicyclic) bond motifs is 3. The molecule has 6 atom stereocenters. The maximum absolute atomic E-state index is 12.6. The number of para-hydroxylation sites is 1. The first kappa shape index (κ1) is 18.3. The summed E-state index contributed by atoms with van der Waals surface area (Å²) in [5.74, 6) is 2.32. The molecule has 30 heavy (non-hydrogen) atoms. The van der Waals surface area contributed by atoms with Crippen molar-refractivity contribution in [2.75, 3.05) is 5.32 Å². The first-order chi connectivity index (χ1) is 14.5.